The largest absolute Gasteiger partial charge is 0.382 e. The van der Waals surface area contributed by atoms with E-state index in [0.29, 0.717) is 10.2 Å². The standard InChI is InChI=1S/C20H17F2N5OS2/c1-13(29-19-25-18(26-30-19)14-5-3-2-4-6-14)20(28,10-27-12-23-11-24-27)16-8-7-15(21)9-17(16)22/h2-9,11-13,28H,10H2,1H3/t13-,20-/m1/s1. The summed E-state index contributed by atoms with van der Waals surface area (Å²) in [5.41, 5.74) is -0.836. The number of thioether (sulfide) groups is 1. The molecule has 1 N–H and O–H groups in total. The quantitative estimate of drug-likeness (QED) is 0.431. The number of hydrogen-bond donors (Lipinski definition) is 1. The summed E-state index contributed by atoms with van der Waals surface area (Å²) in [6.45, 7) is 1.70. The molecule has 0 unspecified atom stereocenters. The van der Waals surface area contributed by atoms with Crippen LogP contribution < -0.4 is 0 Å². The van der Waals surface area contributed by atoms with Crippen LogP contribution in [-0.2, 0) is 12.1 Å². The van der Waals surface area contributed by atoms with E-state index in [1.807, 2.05) is 30.3 Å². The van der Waals surface area contributed by atoms with Gasteiger partial charge in [-0.1, -0.05) is 48.2 Å². The molecule has 4 rings (SSSR count). The van der Waals surface area contributed by atoms with Crippen molar-refractivity contribution < 1.29 is 13.9 Å². The maximum atomic E-state index is 14.6. The normalized spacial score (nSPS) is 14.4. The fourth-order valence-corrected chi connectivity index (χ4v) is 5.04. The van der Waals surface area contributed by atoms with Crippen molar-refractivity contribution in [3.8, 4) is 11.4 Å². The van der Waals surface area contributed by atoms with Gasteiger partial charge in [0.2, 0.25) is 0 Å². The first kappa shape index (κ1) is 20.6. The molecule has 2 atom stereocenters. The maximum Gasteiger partial charge on any atom is 0.174 e. The number of halogens is 2. The van der Waals surface area contributed by atoms with Crippen LogP contribution in [0.4, 0.5) is 8.78 Å². The van der Waals surface area contributed by atoms with Crippen LogP contribution in [0.5, 0.6) is 0 Å². The third-order valence-electron chi connectivity index (χ3n) is 4.66. The summed E-state index contributed by atoms with van der Waals surface area (Å²) in [5, 5.41) is 15.0. The molecular weight excluding hydrogens is 428 g/mol. The van der Waals surface area contributed by atoms with E-state index in [2.05, 4.69) is 19.4 Å². The lowest BCUT2D eigenvalue weighted by atomic mass is 9.90. The van der Waals surface area contributed by atoms with Gasteiger partial charge in [0, 0.05) is 22.4 Å². The van der Waals surface area contributed by atoms with Gasteiger partial charge in [-0.3, -0.25) is 0 Å². The molecule has 154 valence electrons. The second-order valence-corrected chi connectivity index (χ2v) is 8.99. The van der Waals surface area contributed by atoms with Gasteiger partial charge in [-0.15, -0.1) is 0 Å². The van der Waals surface area contributed by atoms with Crippen LogP contribution in [0.25, 0.3) is 11.4 Å². The molecule has 2 aromatic heterocycles. The highest BCUT2D eigenvalue weighted by atomic mass is 32.2. The number of benzene rings is 2. The van der Waals surface area contributed by atoms with Gasteiger partial charge in [-0.2, -0.15) is 9.47 Å². The van der Waals surface area contributed by atoms with E-state index in [9.17, 15) is 13.9 Å². The molecule has 0 fully saturated rings. The number of nitrogens with zero attached hydrogens (tertiary/aromatic N) is 5. The van der Waals surface area contributed by atoms with E-state index in [-0.39, 0.29) is 12.1 Å². The molecule has 6 nitrogen and oxygen atoms in total. The van der Waals surface area contributed by atoms with E-state index < -0.39 is 22.5 Å². The Hall–Kier alpha value is -2.69. The first-order valence-electron chi connectivity index (χ1n) is 9.02. The van der Waals surface area contributed by atoms with Gasteiger partial charge >= 0.3 is 0 Å². The number of aliphatic hydroxyl groups is 1. The van der Waals surface area contributed by atoms with Crippen LogP contribution in [0.2, 0.25) is 0 Å². The average Bonchev–Trinajstić information content (AvgIpc) is 3.40. The maximum absolute atomic E-state index is 14.6. The lowest BCUT2D eigenvalue weighted by Crippen LogP contribution is -2.41. The molecule has 10 heteroatoms. The molecule has 0 saturated heterocycles. The zero-order chi connectivity index (χ0) is 21.1. The molecule has 30 heavy (non-hydrogen) atoms. The van der Waals surface area contributed by atoms with Crippen molar-refractivity contribution in [2.45, 2.75) is 28.7 Å². The predicted octanol–water partition coefficient (Wildman–Crippen LogP) is 4.14. The molecule has 0 saturated carbocycles. The third-order valence-corrected chi connectivity index (χ3v) is 6.72. The van der Waals surface area contributed by atoms with E-state index in [1.54, 1.807) is 6.92 Å². The molecule has 0 aliphatic heterocycles. The minimum absolute atomic E-state index is 0.0211. The van der Waals surface area contributed by atoms with E-state index >= 15 is 0 Å². The minimum Gasteiger partial charge on any atom is -0.382 e. The zero-order valence-electron chi connectivity index (χ0n) is 15.8. The Balaban J connectivity index is 1.64. The summed E-state index contributed by atoms with van der Waals surface area (Å²) in [6.07, 6.45) is 2.76. The molecule has 4 aromatic rings. The van der Waals surface area contributed by atoms with Gasteiger partial charge < -0.3 is 5.11 Å². The minimum atomic E-state index is -1.70. The van der Waals surface area contributed by atoms with Crippen molar-refractivity contribution in [2.75, 3.05) is 0 Å². The topological polar surface area (TPSA) is 76.7 Å². The molecule has 0 spiro atoms. The van der Waals surface area contributed by atoms with Gasteiger partial charge in [0.15, 0.2) is 10.2 Å². The Morgan fingerprint density at radius 3 is 2.70 bits per heavy atom. The Kier molecular flexibility index (Phi) is 5.89. The molecule has 0 bridgehead atoms. The van der Waals surface area contributed by atoms with E-state index in [4.69, 9.17) is 0 Å². The SMILES string of the molecule is C[C@@H](Sc1nc(-c2ccccc2)ns1)[C@](O)(Cn1cncn1)c1ccc(F)cc1F. The van der Waals surface area contributed by atoms with Gasteiger partial charge in [0.1, 0.15) is 29.9 Å². The number of hydrogen-bond acceptors (Lipinski definition) is 7. The van der Waals surface area contributed by atoms with Crippen molar-refractivity contribution in [3.05, 3.63) is 78.4 Å². The molecule has 2 aromatic carbocycles. The summed E-state index contributed by atoms with van der Waals surface area (Å²) in [5.74, 6) is -0.952. The first-order valence-corrected chi connectivity index (χ1v) is 10.7. The number of aromatic nitrogens is 5. The Labute approximate surface area is 179 Å². The first-order chi connectivity index (χ1) is 14.5. The summed E-state index contributed by atoms with van der Waals surface area (Å²) >= 11 is 2.47. The van der Waals surface area contributed by atoms with E-state index in [1.165, 1.54) is 46.7 Å². The highest BCUT2D eigenvalue weighted by Crippen LogP contribution is 2.40. The van der Waals surface area contributed by atoms with Crippen molar-refractivity contribution in [3.63, 3.8) is 0 Å². The van der Waals surface area contributed by atoms with Crippen LogP contribution in [0.15, 0.2) is 65.5 Å². The second kappa shape index (κ2) is 8.58. The lowest BCUT2D eigenvalue weighted by Gasteiger charge is -2.33. The van der Waals surface area contributed by atoms with E-state index in [0.717, 1.165) is 17.7 Å². The molecular formula is C20H17F2N5OS2. The monoisotopic (exact) mass is 445 g/mol. The highest BCUT2D eigenvalue weighted by molar-refractivity contribution is 8.01. The lowest BCUT2D eigenvalue weighted by molar-refractivity contribution is 0.0133. The molecule has 0 aliphatic carbocycles. The molecule has 2 heterocycles. The van der Waals surface area contributed by atoms with Gasteiger partial charge in [0.25, 0.3) is 0 Å². The predicted molar refractivity (Wildman–Crippen MR) is 111 cm³/mol. The van der Waals surface area contributed by atoms with Crippen LogP contribution in [0, 0.1) is 11.6 Å². The van der Waals surface area contributed by atoms with Crippen LogP contribution in [0.1, 0.15) is 12.5 Å². The Morgan fingerprint density at radius 2 is 2.00 bits per heavy atom. The van der Waals surface area contributed by atoms with Gasteiger partial charge in [-0.05, 0) is 24.5 Å². The van der Waals surface area contributed by atoms with Crippen molar-refractivity contribution >= 4 is 23.3 Å². The summed E-state index contributed by atoms with van der Waals surface area (Å²) in [7, 11) is 0. The number of rotatable bonds is 7. The zero-order valence-corrected chi connectivity index (χ0v) is 17.4. The Morgan fingerprint density at radius 1 is 1.20 bits per heavy atom. The van der Waals surface area contributed by atoms with Crippen molar-refractivity contribution in [2.24, 2.45) is 0 Å². The molecule has 0 aliphatic rings. The van der Waals surface area contributed by atoms with Crippen molar-refractivity contribution in [1.82, 2.24) is 24.1 Å². The van der Waals surface area contributed by atoms with Crippen LogP contribution in [-0.4, -0.2) is 34.5 Å². The fraction of sp³-hybridized carbons (Fsp3) is 0.200. The van der Waals surface area contributed by atoms with Crippen molar-refractivity contribution in [1.29, 1.82) is 0 Å². The van der Waals surface area contributed by atoms with Crippen LogP contribution >= 0.6 is 23.3 Å². The second-order valence-electron chi connectivity index (χ2n) is 6.65. The highest BCUT2D eigenvalue weighted by Gasteiger charge is 2.40. The fourth-order valence-electron chi connectivity index (χ4n) is 3.05. The third kappa shape index (κ3) is 4.25. The molecule has 0 radical (unpaired) electrons. The molecule has 0 amide bonds. The Bertz CT molecular complexity index is 1120. The smallest absolute Gasteiger partial charge is 0.174 e. The average molecular weight is 446 g/mol. The summed E-state index contributed by atoms with van der Waals surface area (Å²) in [6, 6.07) is 12.7. The summed E-state index contributed by atoms with van der Waals surface area (Å²) in [4.78, 5) is 8.41. The van der Waals surface area contributed by atoms with Gasteiger partial charge in [0.05, 0.1) is 6.54 Å². The summed E-state index contributed by atoms with van der Waals surface area (Å²) < 4.78 is 34.5. The van der Waals surface area contributed by atoms with Crippen LogP contribution in [0.3, 0.4) is 0 Å². The van der Waals surface area contributed by atoms with Gasteiger partial charge in [-0.25, -0.2) is 23.4 Å².